The van der Waals surface area contributed by atoms with Crippen molar-refractivity contribution in [3.63, 3.8) is 0 Å². The predicted molar refractivity (Wildman–Crippen MR) is 195 cm³/mol. The Hall–Kier alpha value is -5.73. The van der Waals surface area contributed by atoms with Gasteiger partial charge in [-0.2, -0.15) is 0 Å². The first-order valence-electron chi connectivity index (χ1n) is 15.7. The van der Waals surface area contributed by atoms with Crippen LogP contribution in [0.15, 0.2) is 134 Å². The molecule has 0 aliphatic carbocycles. The summed E-state index contributed by atoms with van der Waals surface area (Å²) in [7, 11) is 0. The van der Waals surface area contributed by atoms with Gasteiger partial charge in [0.15, 0.2) is 5.69 Å². The molecule has 0 aliphatic heterocycles. The predicted octanol–water partition coefficient (Wildman–Crippen LogP) is 10.7. The second-order valence-electron chi connectivity index (χ2n) is 11.7. The minimum absolute atomic E-state index is 0. The summed E-state index contributed by atoms with van der Waals surface area (Å²) in [5.74, 6) is 0.864. The topological polar surface area (TPSA) is 48.0 Å². The fourth-order valence-electron chi connectivity index (χ4n) is 5.84. The molecule has 6 aromatic carbocycles. The third-order valence-corrected chi connectivity index (χ3v) is 8.48. The maximum absolute atomic E-state index is 7.35. The molecule has 8 aromatic rings. The van der Waals surface area contributed by atoms with Crippen molar-refractivity contribution in [3.05, 3.63) is 174 Å². The summed E-state index contributed by atoms with van der Waals surface area (Å²) in [6, 6.07) is 49.1. The van der Waals surface area contributed by atoms with E-state index in [1.54, 1.807) is 6.33 Å². The minimum atomic E-state index is 0. The normalized spacial score (nSPS) is 10.6. The summed E-state index contributed by atoms with van der Waals surface area (Å²) >= 11 is 0. The molecule has 0 amide bonds. The maximum atomic E-state index is 7.35. The average Bonchev–Trinajstić information content (AvgIpc) is 3.54. The Morgan fingerprint density at radius 3 is 2.20 bits per heavy atom. The van der Waals surface area contributed by atoms with Crippen molar-refractivity contribution in [1.82, 2.24) is 19.5 Å². The van der Waals surface area contributed by atoms with E-state index in [-0.39, 0.29) is 20.1 Å². The Kier molecular flexibility index (Phi) is 9.87. The number of hydrogen-bond donors (Lipinski definition) is 0. The first kappa shape index (κ1) is 33.2. The molecule has 0 spiro atoms. The monoisotopic (exact) mass is 810 g/mol. The van der Waals surface area contributed by atoms with Crippen LogP contribution in [0.1, 0.15) is 16.7 Å². The quantitative estimate of drug-likeness (QED) is 0.166. The van der Waals surface area contributed by atoms with Crippen LogP contribution in [0.25, 0.3) is 66.2 Å². The van der Waals surface area contributed by atoms with E-state index in [1.165, 1.54) is 16.5 Å². The van der Waals surface area contributed by atoms with Crippen molar-refractivity contribution in [2.45, 2.75) is 20.8 Å². The van der Waals surface area contributed by atoms with E-state index in [1.807, 2.05) is 84.9 Å². The van der Waals surface area contributed by atoms with E-state index in [9.17, 15) is 0 Å². The van der Waals surface area contributed by atoms with Gasteiger partial charge in [0.25, 0.3) is 0 Å². The summed E-state index contributed by atoms with van der Waals surface area (Å²) in [6.07, 6.45) is 1.60. The van der Waals surface area contributed by atoms with Crippen molar-refractivity contribution in [2.75, 3.05) is 0 Å². The smallest absolute Gasteiger partial charge is 0.187 e. The van der Waals surface area contributed by atoms with Crippen molar-refractivity contribution in [2.24, 2.45) is 0 Å². The van der Waals surface area contributed by atoms with E-state index < -0.39 is 0 Å². The van der Waals surface area contributed by atoms with E-state index >= 15 is 0 Å². The SMILES string of the molecule is [C-]#[N+]c1ccc(-n2c(-c3[c-]cc(C)c(C)c3)nc3ccc4ccccc4c32)c(C)c1.[Ir].[c-]1ccccc1-c1cc(-c2ccccc2)ncn1. The van der Waals surface area contributed by atoms with Gasteiger partial charge in [0.1, 0.15) is 6.33 Å². The van der Waals surface area contributed by atoms with Gasteiger partial charge in [0.2, 0.25) is 0 Å². The molecule has 0 fully saturated rings. The maximum Gasteiger partial charge on any atom is 0.187 e. The molecule has 5 nitrogen and oxygen atoms in total. The van der Waals surface area contributed by atoms with Crippen molar-refractivity contribution in [3.8, 4) is 39.6 Å². The van der Waals surface area contributed by atoms with Crippen LogP contribution in [0.2, 0.25) is 0 Å². The molecule has 1 radical (unpaired) electrons. The van der Waals surface area contributed by atoms with Crippen LogP contribution in [-0.4, -0.2) is 19.5 Å². The minimum Gasteiger partial charge on any atom is -0.332 e. The number of hydrogen-bond acceptors (Lipinski definition) is 3. The molecule has 0 unspecified atom stereocenters. The number of aryl methyl sites for hydroxylation is 3. The summed E-state index contributed by atoms with van der Waals surface area (Å²) in [6.45, 7) is 13.6. The largest absolute Gasteiger partial charge is 0.332 e. The fourth-order valence-corrected chi connectivity index (χ4v) is 5.84. The third-order valence-electron chi connectivity index (χ3n) is 8.48. The van der Waals surface area contributed by atoms with E-state index in [0.717, 1.165) is 61.6 Å². The van der Waals surface area contributed by atoms with Crippen LogP contribution in [-0.2, 0) is 20.1 Å². The first-order valence-corrected chi connectivity index (χ1v) is 15.7. The van der Waals surface area contributed by atoms with Crippen LogP contribution in [0.3, 0.4) is 0 Å². The molecule has 0 atom stereocenters. The molecule has 0 bridgehead atoms. The second-order valence-corrected chi connectivity index (χ2v) is 11.7. The van der Waals surface area contributed by atoms with Gasteiger partial charge in [0.05, 0.1) is 29.1 Å². The summed E-state index contributed by atoms with van der Waals surface area (Å²) in [5, 5.41) is 2.34. The zero-order valence-electron chi connectivity index (χ0n) is 27.3. The number of fused-ring (bicyclic) bond motifs is 3. The molecule has 0 saturated carbocycles. The molecular weight excluding hydrogens is 779 g/mol. The number of imidazole rings is 1. The van der Waals surface area contributed by atoms with Crippen LogP contribution < -0.4 is 0 Å². The van der Waals surface area contributed by atoms with Gasteiger partial charge in [-0.15, -0.1) is 70.8 Å². The van der Waals surface area contributed by atoms with Gasteiger partial charge < -0.3 is 4.57 Å². The van der Waals surface area contributed by atoms with Gasteiger partial charge in [-0.1, -0.05) is 92.7 Å². The number of benzene rings is 6. The Labute approximate surface area is 300 Å². The summed E-state index contributed by atoms with van der Waals surface area (Å²) in [4.78, 5) is 17.2. The molecule has 49 heavy (non-hydrogen) atoms. The van der Waals surface area contributed by atoms with Crippen molar-refractivity contribution >= 4 is 27.5 Å². The van der Waals surface area contributed by atoms with Crippen LogP contribution in [0.4, 0.5) is 5.69 Å². The van der Waals surface area contributed by atoms with Crippen LogP contribution >= 0.6 is 0 Å². The molecule has 2 heterocycles. The van der Waals surface area contributed by atoms with Crippen molar-refractivity contribution < 1.29 is 20.1 Å². The fraction of sp³-hybridized carbons (Fsp3) is 0.0698. The Morgan fingerprint density at radius 2 is 1.45 bits per heavy atom. The number of aromatic nitrogens is 4. The van der Waals surface area contributed by atoms with E-state index in [0.29, 0.717) is 5.69 Å². The summed E-state index contributed by atoms with van der Waals surface area (Å²) in [5.41, 5.74) is 12.0. The average molecular weight is 810 g/mol. The van der Waals surface area contributed by atoms with Crippen molar-refractivity contribution in [1.29, 1.82) is 0 Å². The van der Waals surface area contributed by atoms with Gasteiger partial charge in [0, 0.05) is 31.2 Å². The number of rotatable bonds is 4. The van der Waals surface area contributed by atoms with E-state index in [4.69, 9.17) is 11.6 Å². The Morgan fingerprint density at radius 1 is 0.673 bits per heavy atom. The third kappa shape index (κ3) is 6.82. The molecule has 0 saturated heterocycles. The van der Waals surface area contributed by atoms with Gasteiger partial charge in [-0.3, -0.25) is 9.97 Å². The molecule has 239 valence electrons. The van der Waals surface area contributed by atoms with Crippen LogP contribution in [0.5, 0.6) is 0 Å². The van der Waals surface area contributed by atoms with Crippen LogP contribution in [0, 0.1) is 39.5 Å². The molecule has 2 aromatic heterocycles. The molecular formula is C43H31IrN5-2. The zero-order chi connectivity index (χ0) is 33.0. The number of nitrogens with zero attached hydrogens (tertiary/aromatic N) is 5. The molecule has 6 heteroatoms. The Bertz CT molecular complexity index is 2390. The van der Waals surface area contributed by atoms with Gasteiger partial charge in [-0.25, -0.2) is 9.83 Å². The second kappa shape index (κ2) is 14.6. The van der Waals surface area contributed by atoms with Gasteiger partial charge >= 0.3 is 0 Å². The van der Waals surface area contributed by atoms with E-state index in [2.05, 4.69) is 94.7 Å². The molecule has 0 N–H and O–H groups in total. The first-order chi connectivity index (χ1) is 23.5. The molecule has 0 aliphatic rings. The van der Waals surface area contributed by atoms with Gasteiger partial charge in [-0.05, 0) is 41.3 Å². The molecule has 8 rings (SSSR count). The zero-order valence-corrected chi connectivity index (χ0v) is 29.7. The Balaban J connectivity index is 0.000000188. The standard InChI is InChI=1S/C27H20N3.C16H11N2.Ir/c1-17-9-10-21(15-18(17)2)27-29-24-13-11-20-7-5-6-8-23(20)26(24)30(27)25-14-12-22(28-4)16-19(25)3;1-3-7-13(8-4-1)15-11-16(18-12-17-15)14-9-5-2-6-10-14;/h5-9,11-16H,1-3H3;1-9,11-12H;/q2*-1;. The summed E-state index contributed by atoms with van der Waals surface area (Å²) < 4.78 is 2.22.